The van der Waals surface area contributed by atoms with Crippen LogP contribution >= 0.6 is 0 Å². The second kappa shape index (κ2) is 7.21. The first-order chi connectivity index (χ1) is 9.37. The number of hydrogen-bond acceptors (Lipinski definition) is 5. The third kappa shape index (κ3) is 3.82. The zero-order chi connectivity index (χ0) is 15.3. The van der Waals surface area contributed by atoms with Gasteiger partial charge in [0.2, 0.25) is 10.0 Å². The van der Waals surface area contributed by atoms with Crippen molar-refractivity contribution < 1.29 is 22.7 Å². The molecule has 0 aliphatic carbocycles. The number of methoxy groups -OCH3 is 1. The minimum Gasteiger partial charge on any atom is -0.465 e. The van der Waals surface area contributed by atoms with Crippen molar-refractivity contribution in [1.29, 1.82) is 0 Å². The lowest BCUT2D eigenvalue weighted by Gasteiger charge is -2.17. The number of sulfonamides is 1. The van der Waals surface area contributed by atoms with Gasteiger partial charge in [0.1, 0.15) is 16.4 Å². The Balaban J connectivity index is 3.10. The molecule has 1 rings (SSSR count). The maximum Gasteiger partial charge on any atom is 0.244 e. The Morgan fingerprint density at radius 1 is 1.35 bits per heavy atom. The molecule has 1 atom stereocenters. The van der Waals surface area contributed by atoms with Crippen molar-refractivity contribution in [1.82, 2.24) is 4.72 Å². The van der Waals surface area contributed by atoms with E-state index in [1.165, 1.54) is 7.11 Å². The predicted molar refractivity (Wildman–Crippen MR) is 75.0 cm³/mol. The Hall–Kier alpha value is -0.890. The number of furan rings is 1. The van der Waals surface area contributed by atoms with Crippen LogP contribution in [0.5, 0.6) is 0 Å². The van der Waals surface area contributed by atoms with E-state index in [-0.39, 0.29) is 23.3 Å². The average Bonchev–Trinajstić information content (AvgIpc) is 2.64. The first-order valence-electron chi connectivity index (χ1n) is 6.58. The first-order valence-corrected chi connectivity index (χ1v) is 8.06. The van der Waals surface area contributed by atoms with Crippen molar-refractivity contribution in [3.63, 3.8) is 0 Å². The number of aliphatic hydroxyl groups excluding tert-OH is 1. The summed E-state index contributed by atoms with van der Waals surface area (Å²) in [7, 11) is -2.21. The lowest BCUT2D eigenvalue weighted by atomic mass is 10.2. The molecular weight excluding hydrogens is 282 g/mol. The fourth-order valence-electron chi connectivity index (χ4n) is 2.25. The first kappa shape index (κ1) is 17.2. The fraction of sp³-hybridized carbons (Fsp3) is 0.692. The monoisotopic (exact) mass is 305 g/mol. The van der Waals surface area contributed by atoms with Crippen molar-refractivity contribution in [2.45, 2.75) is 51.2 Å². The summed E-state index contributed by atoms with van der Waals surface area (Å²) in [6.07, 6.45) is 1.52. The van der Waals surface area contributed by atoms with E-state index in [0.717, 1.165) is 6.42 Å². The molecule has 0 aromatic carbocycles. The topological polar surface area (TPSA) is 88.8 Å². The van der Waals surface area contributed by atoms with Crippen LogP contribution in [-0.2, 0) is 21.4 Å². The molecule has 116 valence electrons. The Kier molecular flexibility index (Phi) is 6.19. The molecule has 0 radical (unpaired) electrons. The van der Waals surface area contributed by atoms with Crippen molar-refractivity contribution >= 4 is 10.0 Å². The Morgan fingerprint density at radius 3 is 2.50 bits per heavy atom. The van der Waals surface area contributed by atoms with Crippen LogP contribution in [0.2, 0.25) is 0 Å². The minimum absolute atomic E-state index is 0.0368. The van der Waals surface area contributed by atoms with Gasteiger partial charge in [-0.15, -0.1) is 0 Å². The van der Waals surface area contributed by atoms with Gasteiger partial charge in [-0.1, -0.05) is 13.3 Å². The molecule has 1 aromatic rings. The van der Waals surface area contributed by atoms with Gasteiger partial charge in [-0.05, 0) is 20.3 Å². The van der Waals surface area contributed by atoms with E-state index < -0.39 is 10.0 Å². The minimum atomic E-state index is -3.74. The molecule has 7 heteroatoms. The third-order valence-corrected chi connectivity index (χ3v) is 4.79. The van der Waals surface area contributed by atoms with Gasteiger partial charge in [0.15, 0.2) is 0 Å². The van der Waals surface area contributed by atoms with Crippen LogP contribution in [0.15, 0.2) is 9.31 Å². The largest absolute Gasteiger partial charge is 0.465 e. The van der Waals surface area contributed by atoms with E-state index >= 15 is 0 Å². The molecule has 2 N–H and O–H groups in total. The quantitative estimate of drug-likeness (QED) is 0.759. The van der Waals surface area contributed by atoms with Gasteiger partial charge < -0.3 is 14.3 Å². The molecule has 0 spiro atoms. The molecule has 0 fully saturated rings. The molecule has 0 aliphatic heterocycles. The standard InChI is InChI=1S/C13H23NO5S/c1-5-6-11(8-18-4)14-20(16,17)13-10(3)19-9(2)12(13)7-15/h11,14-15H,5-8H2,1-4H3. The number of ether oxygens (including phenoxy) is 1. The maximum atomic E-state index is 12.5. The van der Waals surface area contributed by atoms with Crippen LogP contribution in [-0.4, -0.2) is 33.3 Å². The molecule has 0 saturated carbocycles. The van der Waals surface area contributed by atoms with Crippen LogP contribution in [0.25, 0.3) is 0 Å². The summed E-state index contributed by atoms with van der Waals surface area (Å²) < 4.78 is 37.9. The second-order valence-corrected chi connectivity index (χ2v) is 6.39. The summed E-state index contributed by atoms with van der Waals surface area (Å²) in [5, 5.41) is 9.34. The van der Waals surface area contributed by atoms with Gasteiger partial charge in [-0.3, -0.25) is 0 Å². The predicted octanol–water partition coefficient (Wildman–Crippen LogP) is 1.48. The van der Waals surface area contributed by atoms with Gasteiger partial charge in [0, 0.05) is 18.7 Å². The molecule has 6 nitrogen and oxygen atoms in total. The molecule has 0 bridgehead atoms. The van der Waals surface area contributed by atoms with Crippen LogP contribution in [0.1, 0.15) is 36.8 Å². The van der Waals surface area contributed by atoms with E-state index in [4.69, 9.17) is 9.15 Å². The molecule has 1 unspecified atom stereocenters. The zero-order valence-corrected chi connectivity index (χ0v) is 13.2. The van der Waals surface area contributed by atoms with Gasteiger partial charge in [0.25, 0.3) is 0 Å². The third-order valence-electron chi connectivity index (χ3n) is 3.08. The average molecular weight is 305 g/mol. The highest BCUT2D eigenvalue weighted by Gasteiger charge is 2.28. The van der Waals surface area contributed by atoms with Gasteiger partial charge >= 0.3 is 0 Å². The van der Waals surface area contributed by atoms with E-state index in [1.54, 1.807) is 13.8 Å². The summed E-state index contributed by atoms with van der Waals surface area (Å²) in [6, 6.07) is -0.295. The molecule has 1 aromatic heterocycles. The fourth-order valence-corrected chi connectivity index (χ4v) is 3.94. The van der Waals surface area contributed by atoms with Crippen LogP contribution in [0.4, 0.5) is 0 Å². The van der Waals surface area contributed by atoms with Crippen LogP contribution in [0.3, 0.4) is 0 Å². The molecule has 20 heavy (non-hydrogen) atoms. The molecular formula is C13H23NO5S. The lowest BCUT2D eigenvalue weighted by molar-refractivity contribution is 0.171. The van der Waals surface area contributed by atoms with Gasteiger partial charge in [0.05, 0.1) is 13.2 Å². The Labute approximate surface area is 120 Å². The van der Waals surface area contributed by atoms with E-state index in [0.29, 0.717) is 24.4 Å². The van der Waals surface area contributed by atoms with Crippen molar-refractivity contribution in [3.8, 4) is 0 Å². The van der Waals surface area contributed by atoms with Crippen molar-refractivity contribution in [3.05, 3.63) is 17.1 Å². The smallest absolute Gasteiger partial charge is 0.244 e. The molecule has 0 saturated heterocycles. The summed E-state index contributed by atoms with van der Waals surface area (Å²) in [5.74, 6) is 0.705. The highest BCUT2D eigenvalue weighted by molar-refractivity contribution is 7.89. The van der Waals surface area contributed by atoms with Gasteiger partial charge in [-0.2, -0.15) is 0 Å². The Morgan fingerprint density at radius 2 is 2.00 bits per heavy atom. The maximum absolute atomic E-state index is 12.5. The molecule has 0 amide bonds. The van der Waals surface area contributed by atoms with E-state index in [2.05, 4.69) is 4.72 Å². The van der Waals surface area contributed by atoms with Crippen molar-refractivity contribution in [2.75, 3.05) is 13.7 Å². The second-order valence-electron chi connectivity index (χ2n) is 4.74. The number of hydrogen-bond donors (Lipinski definition) is 2. The lowest BCUT2D eigenvalue weighted by Crippen LogP contribution is -2.38. The molecule has 1 heterocycles. The summed E-state index contributed by atoms with van der Waals surface area (Å²) in [6.45, 7) is 5.12. The summed E-state index contributed by atoms with van der Waals surface area (Å²) in [5.41, 5.74) is 0.308. The van der Waals surface area contributed by atoms with Crippen LogP contribution in [0, 0.1) is 13.8 Å². The summed E-state index contributed by atoms with van der Waals surface area (Å²) >= 11 is 0. The van der Waals surface area contributed by atoms with Crippen LogP contribution < -0.4 is 4.72 Å². The number of aliphatic hydroxyl groups is 1. The van der Waals surface area contributed by atoms with Gasteiger partial charge in [-0.25, -0.2) is 13.1 Å². The highest BCUT2D eigenvalue weighted by atomic mass is 32.2. The zero-order valence-electron chi connectivity index (χ0n) is 12.4. The highest BCUT2D eigenvalue weighted by Crippen LogP contribution is 2.26. The van der Waals surface area contributed by atoms with Crippen molar-refractivity contribution in [2.24, 2.45) is 0 Å². The molecule has 0 aliphatic rings. The van der Waals surface area contributed by atoms with E-state index in [9.17, 15) is 13.5 Å². The summed E-state index contributed by atoms with van der Waals surface area (Å²) in [4.78, 5) is 0.0368. The number of rotatable bonds is 8. The Bertz CT molecular complexity index is 529. The SMILES string of the molecule is CCCC(COC)NS(=O)(=O)c1c(C)oc(C)c1CO. The normalized spacial score (nSPS) is 13.7. The number of aryl methyl sites for hydroxylation is 2. The van der Waals surface area contributed by atoms with E-state index in [1.807, 2.05) is 6.92 Å². The number of nitrogens with one attached hydrogen (secondary N) is 1.